The largest absolute Gasteiger partial charge is 0.376 e. The number of amides is 1. The molecule has 2 heterocycles. The van der Waals surface area contributed by atoms with Crippen molar-refractivity contribution >= 4 is 32.7 Å². The molecule has 0 bridgehead atoms. The molecule has 5 heteroatoms. The molecule has 1 saturated heterocycles. The molecular formula is C16H17BrN2O2. The zero-order chi connectivity index (χ0) is 14.8. The fourth-order valence-corrected chi connectivity index (χ4v) is 2.99. The van der Waals surface area contributed by atoms with Gasteiger partial charge in [0.15, 0.2) is 0 Å². The van der Waals surface area contributed by atoms with Gasteiger partial charge >= 0.3 is 0 Å². The zero-order valence-corrected chi connectivity index (χ0v) is 13.4. The summed E-state index contributed by atoms with van der Waals surface area (Å²) in [5.74, 6) is -0.0703. The molecule has 1 aromatic heterocycles. The van der Waals surface area contributed by atoms with Crippen LogP contribution < -0.4 is 5.32 Å². The normalized spacial score (nSPS) is 18.1. The van der Waals surface area contributed by atoms with E-state index in [1.165, 1.54) is 0 Å². The number of benzene rings is 1. The van der Waals surface area contributed by atoms with E-state index in [1.807, 2.05) is 31.2 Å². The van der Waals surface area contributed by atoms with Crippen LogP contribution in [-0.4, -0.2) is 30.1 Å². The number of aromatic nitrogens is 1. The molecule has 0 aliphatic carbocycles. The maximum atomic E-state index is 12.5. The lowest BCUT2D eigenvalue weighted by molar-refractivity contribution is 0.0859. The third kappa shape index (κ3) is 3.24. The van der Waals surface area contributed by atoms with Gasteiger partial charge in [0.25, 0.3) is 5.91 Å². The van der Waals surface area contributed by atoms with Crippen molar-refractivity contribution in [3.05, 3.63) is 40.0 Å². The maximum absolute atomic E-state index is 12.5. The molecule has 1 aliphatic heterocycles. The second-order valence-corrected chi connectivity index (χ2v) is 6.23. The van der Waals surface area contributed by atoms with Crippen LogP contribution in [0.1, 0.15) is 28.9 Å². The molecule has 110 valence electrons. The van der Waals surface area contributed by atoms with Crippen LogP contribution in [0, 0.1) is 6.92 Å². The van der Waals surface area contributed by atoms with Crippen molar-refractivity contribution in [3.63, 3.8) is 0 Å². The Morgan fingerprint density at radius 2 is 2.33 bits per heavy atom. The van der Waals surface area contributed by atoms with E-state index in [-0.39, 0.29) is 12.0 Å². The second kappa shape index (κ2) is 6.12. The number of fused-ring (bicyclic) bond motifs is 1. The number of pyridine rings is 1. The van der Waals surface area contributed by atoms with E-state index < -0.39 is 0 Å². The molecule has 3 rings (SSSR count). The first-order chi connectivity index (χ1) is 10.1. The first-order valence-electron chi connectivity index (χ1n) is 7.10. The molecule has 1 aromatic carbocycles. The van der Waals surface area contributed by atoms with Crippen LogP contribution in [0.5, 0.6) is 0 Å². The fraction of sp³-hybridized carbons (Fsp3) is 0.375. The van der Waals surface area contributed by atoms with E-state index in [4.69, 9.17) is 4.74 Å². The molecule has 1 amide bonds. The first-order valence-corrected chi connectivity index (χ1v) is 7.89. The minimum atomic E-state index is -0.0703. The molecule has 4 nitrogen and oxygen atoms in total. The lowest BCUT2D eigenvalue weighted by Crippen LogP contribution is -2.32. The summed E-state index contributed by atoms with van der Waals surface area (Å²) in [5.41, 5.74) is 2.34. The number of nitrogens with zero attached hydrogens (tertiary/aromatic N) is 1. The smallest absolute Gasteiger partial charge is 0.252 e. The van der Waals surface area contributed by atoms with E-state index in [0.29, 0.717) is 12.1 Å². The van der Waals surface area contributed by atoms with Gasteiger partial charge in [-0.2, -0.15) is 0 Å². The third-order valence-electron chi connectivity index (χ3n) is 3.66. The number of hydrogen-bond acceptors (Lipinski definition) is 3. The summed E-state index contributed by atoms with van der Waals surface area (Å²) < 4.78 is 6.47. The van der Waals surface area contributed by atoms with Crippen molar-refractivity contribution < 1.29 is 9.53 Å². The molecule has 2 aromatic rings. The van der Waals surface area contributed by atoms with E-state index in [1.54, 1.807) is 0 Å². The standard InChI is InChI=1S/C16H17BrN2O2/c1-10-7-14(13-8-11(17)4-5-15(13)19-10)16(20)18-9-12-3-2-6-21-12/h4-5,7-8,12H,2-3,6,9H2,1H3,(H,18,20)/t12-/m0/s1. The van der Waals surface area contributed by atoms with Crippen molar-refractivity contribution in [2.24, 2.45) is 0 Å². The molecule has 21 heavy (non-hydrogen) atoms. The van der Waals surface area contributed by atoms with Crippen LogP contribution >= 0.6 is 15.9 Å². The molecule has 0 unspecified atom stereocenters. The van der Waals surface area contributed by atoms with Gasteiger partial charge in [-0.15, -0.1) is 0 Å². The number of carbonyl (C=O) groups is 1. The van der Waals surface area contributed by atoms with Gasteiger partial charge in [0.1, 0.15) is 0 Å². The number of aryl methyl sites for hydroxylation is 1. The summed E-state index contributed by atoms with van der Waals surface area (Å²) >= 11 is 3.45. The van der Waals surface area contributed by atoms with Crippen molar-refractivity contribution in [3.8, 4) is 0 Å². The molecule has 1 aliphatic rings. The summed E-state index contributed by atoms with van der Waals surface area (Å²) in [6.45, 7) is 3.26. The van der Waals surface area contributed by atoms with Crippen molar-refractivity contribution in [2.45, 2.75) is 25.9 Å². The first kappa shape index (κ1) is 14.5. The van der Waals surface area contributed by atoms with Gasteiger partial charge in [0, 0.05) is 28.7 Å². The minimum absolute atomic E-state index is 0.0703. The topological polar surface area (TPSA) is 51.2 Å². The van der Waals surface area contributed by atoms with Crippen LogP contribution in [0.25, 0.3) is 10.9 Å². The average Bonchev–Trinajstić information content (AvgIpc) is 2.97. The Morgan fingerprint density at radius 1 is 1.48 bits per heavy atom. The highest BCUT2D eigenvalue weighted by atomic mass is 79.9. The Morgan fingerprint density at radius 3 is 3.10 bits per heavy atom. The molecular weight excluding hydrogens is 332 g/mol. The highest BCUT2D eigenvalue weighted by Gasteiger charge is 2.18. The predicted molar refractivity (Wildman–Crippen MR) is 85.5 cm³/mol. The number of nitrogens with one attached hydrogen (secondary N) is 1. The quantitative estimate of drug-likeness (QED) is 0.926. The third-order valence-corrected chi connectivity index (χ3v) is 4.15. The van der Waals surface area contributed by atoms with Gasteiger partial charge in [-0.1, -0.05) is 15.9 Å². The number of hydrogen-bond donors (Lipinski definition) is 1. The van der Waals surface area contributed by atoms with Crippen LogP contribution in [0.15, 0.2) is 28.7 Å². The van der Waals surface area contributed by atoms with Crippen LogP contribution in [0.4, 0.5) is 0 Å². The van der Waals surface area contributed by atoms with Gasteiger partial charge < -0.3 is 10.1 Å². The Bertz CT molecular complexity index is 681. The van der Waals surface area contributed by atoms with Crippen LogP contribution in [0.3, 0.4) is 0 Å². The summed E-state index contributed by atoms with van der Waals surface area (Å²) in [6, 6.07) is 7.62. The van der Waals surface area contributed by atoms with Crippen LogP contribution in [0.2, 0.25) is 0 Å². The van der Waals surface area contributed by atoms with Gasteiger partial charge in [-0.25, -0.2) is 0 Å². The van der Waals surface area contributed by atoms with Crippen molar-refractivity contribution in [1.82, 2.24) is 10.3 Å². The minimum Gasteiger partial charge on any atom is -0.376 e. The maximum Gasteiger partial charge on any atom is 0.252 e. The lowest BCUT2D eigenvalue weighted by Gasteiger charge is -2.12. The lowest BCUT2D eigenvalue weighted by atomic mass is 10.1. The Hall–Kier alpha value is -1.46. The Labute approximate surface area is 132 Å². The van der Waals surface area contributed by atoms with Crippen LogP contribution in [-0.2, 0) is 4.74 Å². The predicted octanol–water partition coefficient (Wildman–Crippen LogP) is 3.21. The van der Waals surface area contributed by atoms with E-state index in [2.05, 4.69) is 26.2 Å². The highest BCUT2D eigenvalue weighted by Crippen LogP contribution is 2.23. The molecule has 0 saturated carbocycles. The van der Waals surface area contributed by atoms with Gasteiger partial charge in [-0.3, -0.25) is 9.78 Å². The number of halogens is 1. The van der Waals surface area contributed by atoms with Crippen molar-refractivity contribution in [2.75, 3.05) is 13.2 Å². The molecule has 0 spiro atoms. The zero-order valence-electron chi connectivity index (χ0n) is 11.9. The highest BCUT2D eigenvalue weighted by molar-refractivity contribution is 9.10. The number of carbonyl (C=O) groups excluding carboxylic acids is 1. The SMILES string of the molecule is Cc1cc(C(=O)NC[C@@H]2CCCO2)c2cc(Br)ccc2n1. The summed E-state index contributed by atoms with van der Waals surface area (Å²) in [4.78, 5) is 16.9. The number of ether oxygens (including phenoxy) is 1. The Kier molecular flexibility index (Phi) is 4.22. The number of rotatable bonds is 3. The average molecular weight is 349 g/mol. The summed E-state index contributed by atoms with van der Waals surface area (Å²) in [5, 5.41) is 3.83. The molecule has 1 atom stereocenters. The van der Waals surface area contributed by atoms with E-state index >= 15 is 0 Å². The summed E-state index contributed by atoms with van der Waals surface area (Å²) in [6.07, 6.45) is 2.24. The van der Waals surface area contributed by atoms with E-state index in [9.17, 15) is 4.79 Å². The van der Waals surface area contributed by atoms with E-state index in [0.717, 1.165) is 40.5 Å². The second-order valence-electron chi connectivity index (χ2n) is 5.32. The monoisotopic (exact) mass is 348 g/mol. The van der Waals surface area contributed by atoms with Gasteiger partial charge in [-0.05, 0) is 44.0 Å². The van der Waals surface area contributed by atoms with Gasteiger partial charge in [0.05, 0.1) is 17.2 Å². The Balaban J connectivity index is 1.87. The fourth-order valence-electron chi connectivity index (χ4n) is 2.63. The van der Waals surface area contributed by atoms with Gasteiger partial charge in [0.2, 0.25) is 0 Å². The van der Waals surface area contributed by atoms with Crippen molar-refractivity contribution in [1.29, 1.82) is 0 Å². The summed E-state index contributed by atoms with van der Waals surface area (Å²) in [7, 11) is 0. The molecule has 0 radical (unpaired) electrons. The molecule has 1 fully saturated rings. The molecule has 1 N–H and O–H groups in total.